The maximum absolute atomic E-state index is 12.7. The van der Waals surface area contributed by atoms with Gasteiger partial charge in [0.15, 0.2) is 14.1 Å². The van der Waals surface area contributed by atoms with Crippen molar-refractivity contribution in [3.63, 3.8) is 0 Å². The largest absolute Gasteiger partial charge is 0.462 e. The molecule has 3 saturated carbocycles. The third-order valence-corrected chi connectivity index (χ3v) is 15.5. The molecule has 0 N–H and O–H groups in total. The van der Waals surface area contributed by atoms with Crippen LogP contribution in [-0.2, 0) is 28.2 Å². The van der Waals surface area contributed by atoms with Crippen LogP contribution in [0, 0.1) is 28.6 Å². The van der Waals surface area contributed by atoms with Crippen LogP contribution in [0.4, 0.5) is 0 Å². The Labute approximate surface area is 213 Å². The quantitative estimate of drug-likeness (QED) is 0.262. The van der Waals surface area contributed by atoms with Crippen LogP contribution in [0.2, 0.25) is 18.1 Å². The summed E-state index contributed by atoms with van der Waals surface area (Å²) in [7, 11) is -1.94. The lowest BCUT2D eigenvalue weighted by molar-refractivity contribution is -0.243. The van der Waals surface area contributed by atoms with E-state index in [1.165, 1.54) is 13.2 Å². The zero-order chi connectivity index (χ0) is 25.9. The van der Waals surface area contributed by atoms with Gasteiger partial charge in [0, 0.05) is 42.6 Å². The van der Waals surface area contributed by atoms with Crippen LogP contribution in [0.3, 0.4) is 0 Å². The predicted octanol–water partition coefficient (Wildman–Crippen LogP) is 5.88. The van der Waals surface area contributed by atoms with Gasteiger partial charge in [-0.25, -0.2) is 0 Å². The molecule has 1 heterocycles. The molecule has 200 valence electrons. The number of hydrogen-bond donors (Lipinski definition) is 0. The molecule has 0 aromatic heterocycles. The molecule has 3 aliphatic carbocycles. The van der Waals surface area contributed by atoms with E-state index in [1.54, 1.807) is 0 Å². The Morgan fingerprint density at radius 1 is 1.00 bits per heavy atom. The third-order valence-electron chi connectivity index (χ3n) is 10.9. The average molecular weight is 509 g/mol. The summed E-state index contributed by atoms with van der Waals surface area (Å²) >= 11 is 0. The van der Waals surface area contributed by atoms with E-state index in [9.17, 15) is 9.59 Å². The number of esters is 1. The molecule has 0 bridgehead atoms. The highest BCUT2D eigenvalue weighted by Gasteiger charge is 2.67. The van der Waals surface area contributed by atoms with Crippen LogP contribution in [0.15, 0.2) is 0 Å². The van der Waals surface area contributed by atoms with Gasteiger partial charge in [-0.1, -0.05) is 34.6 Å². The molecule has 0 aromatic rings. The Hall–Kier alpha value is -0.763. The smallest absolute Gasteiger partial charge is 0.302 e. The predicted molar refractivity (Wildman–Crippen MR) is 137 cm³/mol. The summed E-state index contributed by atoms with van der Waals surface area (Å²) < 4.78 is 25.3. The Morgan fingerprint density at radius 3 is 2.20 bits per heavy atom. The average Bonchev–Trinajstić information content (AvgIpc) is 3.34. The number of fused-ring (bicyclic) bond motifs is 2. The Morgan fingerprint density at radius 2 is 1.63 bits per heavy atom. The first-order chi connectivity index (χ1) is 16.2. The van der Waals surface area contributed by atoms with Crippen molar-refractivity contribution in [3.8, 4) is 0 Å². The van der Waals surface area contributed by atoms with E-state index >= 15 is 0 Å². The second kappa shape index (κ2) is 9.21. The lowest BCUT2D eigenvalue weighted by Gasteiger charge is -2.56. The van der Waals surface area contributed by atoms with Gasteiger partial charge < -0.3 is 23.4 Å². The molecule has 4 rings (SSSR count). The van der Waals surface area contributed by atoms with Crippen LogP contribution in [-0.4, -0.2) is 51.8 Å². The molecule has 7 atom stereocenters. The molecule has 0 amide bonds. The van der Waals surface area contributed by atoms with Crippen LogP contribution < -0.4 is 0 Å². The minimum atomic E-state index is -1.94. The van der Waals surface area contributed by atoms with Gasteiger partial charge in [0.05, 0.1) is 13.2 Å². The van der Waals surface area contributed by atoms with Crippen molar-refractivity contribution in [3.05, 3.63) is 0 Å². The summed E-state index contributed by atoms with van der Waals surface area (Å²) in [5.74, 6) is -0.457. The van der Waals surface area contributed by atoms with Gasteiger partial charge in [-0.2, -0.15) is 0 Å². The Bertz CT molecular complexity index is 815. The molecule has 1 saturated heterocycles. The highest BCUT2D eigenvalue weighted by molar-refractivity contribution is 6.74. The number of rotatable bonds is 5. The Balaban J connectivity index is 1.58. The summed E-state index contributed by atoms with van der Waals surface area (Å²) in [5.41, 5.74) is -0.402. The van der Waals surface area contributed by atoms with Gasteiger partial charge in [0.2, 0.25) is 0 Å². The van der Waals surface area contributed by atoms with E-state index in [2.05, 4.69) is 47.7 Å². The van der Waals surface area contributed by atoms with Crippen molar-refractivity contribution in [1.82, 2.24) is 0 Å². The van der Waals surface area contributed by atoms with Crippen molar-refractivity contribution in [1.29, 1.82) is 0 Å². The monoisotopic (exact) mass is 508 g/mol. The molecule has 1 aliphatic heterocycles. The summed E-state index contributed by atoms with van der Waals surface area (Å²) in [6, 6.07) is 0. The number of hydrogen-bond acceptors (Lipinski definition) is 6. The van der Waals surface area contributed by atoms with Crippen molar-refractivity contribution >= 4 is 20.6 Å². The van der Waals surface area contributed by atoms with Crippen LogP contribution >= 0.6 is 0 Å². The number of aldehydes is 1. The first-order valence-corrected chi connectivity index (χ1v) is 16.7. The second-order valence-electron chi connectivity index (χ2n) is 13.7. The summed E-state index contributed by atoms with van der Waals surface area (Å²) in [6.07, 6.45) is 7.31. The van der Waals surface area contributed by atoms with E-state index in [-0.39, 0.29) is 51.8 Å². The third kappa shape index (κ3) is 4.46. The molecular formula is C28H48O6Si. The fourth-order valence-electron chi connectivity index (χ4n) is 7.81. The van der Waals surface area contributed by atoms with Crippen LogP contribution in [0.1, 0.15) is 86.5 Å². The van der Waals surface area contributed by atoms with Gasteiger partial charge in [0.1, 0.15) is 12.4 Å². The van der Waals surface area contributed by atoms with Gasteiger partial charge in [0.25, 0.3) is 0 Å². The molecule has 35 heavy (non-hydrogen) atoms. The topological polar surface area (TPSA) is 71.1 Å². The summed E-state index contributed by atoms with van der Waals surface area (Å²) in [5, 5.41) is 0.129. The fourth-order valence-corrected chi connectivity index (χ4v) is 9.21. The van der Waals surface area contributed by atoms with Crippen molar-refractivity contribution in [2.24, 2.45) is 28.6 Å². The highest BCUT2D eigenvalue weighted by Crippen LogP contribution is 2.66. The van der Waals surface area contributed by atoms with Crippen molar-refractivity contribution < 1.29 is 28.2 Å². The lowest BCUT2D eigenvalue weighted by atomic mass is 9.51. The maximum Gasteiger partial charge on any atom is 0.302 e. The molecule has 4 fully saturated rings. The number of carbonyl (C=O) groups excluding carboxylic acids is 2. The van der Waals surface area contributed by atoms with E-state index in [1.807, 2.05) is 0 Å². The first-order valence-electron chi connectivity index (χ1n) is 13.8. The number of carbonyl (C=O) groups is 2. The van der Waals surface area contributed by atoms with Gasteiger partial charge in [-0.15, -0.1) is 0 Å². The van der Waals surface area contributed by atoms with E-state index < -0.39 is 14.1 Å². The minimum absolute atomic E-state index is 0.0816. The van der Waals surface area contributed by atoms with E-state index in [4.69, 9.17) is 18.6 Å². The molecule has 1 spiro atoms. The molecule has 6 nitrogen and oxygen atoms in total. The minimum Gasteiger partial charge on any atom is -0.462 e. The molecule has 7 heteroatoms. The van der Waals surface area contributed by atoms with Gasteiger partial charge in [-0.3, -0.25) is 4.79 Å². The van der Waals surface area contributed by atoms with E-state index in [0.29, 0.717) is 19.6 Å². The zero-order valence-electron chi connectivity index (χ0n) is 23.3. The lowest BCUT2D eigenvalue weighted by Crippen LogP contribution is -2.57. The van der Waals surface area contributed by atoms with Gasteiger partial charge in [-0.05, 0) is 62.1 Å². The summed E-state index contributed by atoms with van der Waals surface area (Å²) in [4.78, 5) is 25.0. The number of ether oxygens (including phenoxy) is 3. The molecule has 0 radical (unpaired) electrons. The normalized spacial score (nSPS) is 41.5. The van der Waals surface area contributed by atoms with Crippen molar-refractivity contribution in [2.45, 2.75) is 123 Å². The van der Waals surface area contributed by atoms with E-state index in [0.717, 1.165) is 38.5 Å². The van der Waals surface area contributed by atoms with Crippen LogP contribution in [0.5, 0.6) is 0 Å². The van der Waals surface area contributed by atoms with Crippen molar-refractivity contribution in [2.75, 3.05) is 13.2 Å². The second-order valence-corrected chi connectivity index (χ2v) is 18.5. The maximum atomic E-state index is 12.7. The highest BCUT2D eigenvalue weighted by atomic mass is 28.4. The first kappa shape index (κ1) is 27.3. The molecule has 2 unspecified atom stereocenters. The molecular weight excluding hydrogens is 460 g/mol. The van der Waals surface area contributed by atoms with Gasteiger partial charge >= 0.3 is 5.97 Å². The molecule has 4 aliphatic rings. The SMILES string of the molecule is CC(=O)O[C@H]1C[C@@H](O[Si](C)(C)C(C)(C)C)CC[C@]1(C)C1CC[C@@]2(C)C(CCC23OCCO3)[C@@H]1C=O. The summed E-state index contributed by atoms with van der Waals surface area (Å²) in [6.45, 7) is 18.7. The standard InChI is InChI=1S/C28H48O6Si/c1-19(30)33-24-17-20(34-35(7,8)25(2,3)4)9-12-26(24,5)22-10-13-27(6)23(21(22)18-29)11-14-28(27)31-15-16-32-28/h18,20-24H,9-17H2,1-8H3/t20-,21+,22?,23?,24-,26+,27-/m0/s1. The Kier molecular flexibility index (Phi) is 7.18. The van der Waals surface area contributed by atoms with Crippen LogP contribution in [0.25, 0.3) is 0 Å². The fraction of sp³-hybridized carbons (Fsp3) is 0.929. The zero-order valence-corrected chi connectivity index (χ0v) is 24.3. The molecule has 0 aromatic carbocycles.